The second-order valence-electron chi connectivity index (χ2n) is 7.57. The van der Waals surface area contributed by atoms with Crippen LogP contribution < -0.4 is 0 Å². The van der Waals surface area contributed by atoms with Crippen LogP contribution in [0.5, 0.6) is 0 Å². The van der Waals surface area contributed by atoms with Crippen LogP contribution in [0.4, 0.5) is 0 Å². The van der Waals surface area contributed by atoms with E-state index in [0.717, 1.165) is 24.5 Å². The topological polar surface area (TPSA) is 20.2 Å². The van der Waals surface area contributed by atoms with Gasteiger partial charge in [0.15, 0.2) is 0 Å². The SMILES string of the molecule is C=C(CC1(O)CC(C(=C)C)CC=C1C)C[Si](C)(C)C. The fourth-order valence-electron chi connectivity index (χ4n) is 2.97. The van der Waals surface area contributed by atoms with Gasteiger partial charge in [-0.1, -0.05) is 43.4 Å². The number of hydrogen-bond donors (Lipinski definition) is 1. The molecular formula is C17H30OSi. The normalized spacial score (nSPS) is 27.9. The number of aliphatic hydroxyl groups is 1. The fourth-order valence-corrected chi connectivity index (χ4v) is 4.60. The summed E-state index contributed by atoms with van der Waals surface area (Å²) in [5.41, 5.74) is 2.80. The third kappa shape index (κ3) is 4.77. The first-order valence-corrected chi connectivity index (χ1v) is 11.0. The van der Waals surface area contributed by atoms with Gasteiger partial charge in [0.05, 0.1) is 5.60 Å². The van der Waals surface area contributed by atoms with Gasteiger partial charge in [-0.3, -0.25) is 0 Å². The average molecular weight is 279 g/mol. The predicted octanol–water partition coefficient (Wildman–Crippen LogP) is 4.93. The molecular weight excluding hydrogens is 248 g/mol. The molecule has 1 nitrogen and oxygen atoms in total. The summed E-state index contributed by atoms with van der Waals surface area (Å²) in [5, 5.41) is 11.0. The first-order chi connectivity index (χ1) is 8.53. The fraction of sp³-hybridized carbons (Fsp3) is 0.647. The van der Waals surface area contributed by atoms with Crippen LogP contribution in [-0.4, -0.2) is 18.8 Å². The van der Waals surface area contributed by atoms with E-state index in [1.165, 1.54) is 11.1 Å². The molecule has 2 atom stereocenters. The first kappa shape index (κ1) is 16.5. The van der Waals surface area contributed by atoms with Gasteiger partial charge in [-0.15, -0.1) is 6.58 Å². The Bertz CT molecular complexity index is 400. The van der Waals surface area contributed by atoms with Crippen molar-refractivity contribution in [3.63, 3.8) is 0 Å². The van der Waals surface area contributed by atoms with Gasteiger partial charge in [-0.05, 0) is 44.2 Å². The lowest BCUT2D eigenvalue weighted by molar-refractivity contribution is 0.0498. The summed E-state index contributed by atoms with van der Waals surface area (Å²) >= 11 is 0. The molecule has 0 aromatic rings. The minimum atomic E-state index is -1.15. The molecule has 1 aliphatic rings. The highest BCUT2D eigenvalue weighted by atomic mass is 28.3. The lowest BCUT2D eigenvalue weighted by Gasteiger charge is -2.38. The minimum Gasteiger partial charge on any atom is -0.385 e. The van der Waals surface area contributed by atoms with Crippen LogP contribution in [0.1, 0.15) is 33.1 Å². The maximum absolute atomic E-state index is 11.0. The zero-order chi connectivity index (χ0) is 14.8. The Morgan fingerprint density at radius 3 is 2.47 bits per heavy atom. The largest absolute Gasteiger partial charge is 0.385 e. The van der Waals surface area contributed by atoms with E-state index in [-0.39, 0.29) is 0 Å². The van der Waals surface area contributed by atoms with Crippen LogP contribution >= 0.6 is 0 Å². The Morgan fingerprint density at radius 1 is 1.42 bits per heavy atom. The van der Waals surface area contributed by atoms with Crippen molar-refractivity contribution < 1.29 is 5.11 Å². The summed E-state index contributed by atoms with van der Waals surface area (Å²) in [6.07, 6.45) is 4.72. The molecule has 1 rings (SSSR count). The van der Waals surface area contributed by atoms with Crippen LogP contribution in [0.25, 0.3) is 0 Å². The van der Waals surface area contributed by atoms with Gasteiger partial charge < -0.3 is 5.11 Å². The Labute approximate surface area is 120 Å². The van der Waals surface area contributed by atoms with E-state index in [4.69, 9.17) is 0 Å². The number of rotatable bonds is 5. The van der Waals surface area contributed by atoms with Crippen molar-refractivity contribution in [3.8, 4) is 0 Å². The Morgan fingerprint density at radius 2 is 2.00 bits per heavy atom. The number of allylic oxidation sites excluding steroid dienone is 2. The lowest BCUT2D eigenvalue weighted by atomic mass is 9.73. The zero-order valence-electron chi connectivity index (χ0n) is 13.3. The number of hydrogen-bond acceptors (Lipinski definition) is 1. The third-order valence-corrected chi connectivity index (χ3v) is 5.61. The van der Waals surface area contributed by atoms with Crippen LogP contribution in [0.2, 0.25) is 25.7 Å². The Balaban J connectivity index is 2.79. The summed E-state index contributed by atoms with van der Waals surface area (Å²) in [6.45, 7) is 19.4. The van der Waals surface area contributed by atoms with Crippen LogP contribution in [0, 0.1) is 5.92 Å². The van der Waals surface area contributed by atoms with Gasteiger partial charge in [0.2, 0.25) is 0 Å². The molecule has 19 heavy (non-hydrogen) atoms. The molecule has 0 aliphatic heterocycles. The van der Waals surface area contributed by atoms with Crippen LogP contribution in [-0.2, 0) is 0 Å². The van der Waals surface area contributed by atoms with E-state index in [1.54, 1.807) is 0 Å². The molecule has 0 aromatic carbocycles. The quantitative estimate of drug-likeness (QED) is 0.558. The molecule has 0 saturated heterocycles. The molecule has 0 fully saturated rings. The van der Waals surface area contributed by atoms with Crippen molar-refractivity contribution in [2.24, 2.45) is 5.92 Å². The Hall–Kier alpha value is -0.603. The Kier molecular flexibility index (Phi) is 5.02. The van der Waals surface area contributed by atoms with Crippen molar-refractivity contribution in [1.82, 2.24) is 0 Å². The zero-order valence-corrected chi connectivity index (χ0v) is 14.3. The van der Waals surface area contributed by atoms with Crippen molar-refractivity contribution in [1.29, 1.82) is 0 Å². The molecule has 1 aliphatic carbocycles. The third-order valence-electron chi connectivity index (χ3n) is 4.05. The van der Waals surface area contributed by atoms with E-state index in [2.05, 4.69) is 52.7 Å². The van der Waals surface area contributed by atoms with Crippen molar-refractivity contribution in [2.45, 2.75) is 64.4 Å². The molecule has 2 heteroatoms. The van der Waals surface area contributed by atoms with Crippen molar-refractivity contribution in [3.05, 3.63) is 36.0 Å². The highest BCUT2D eigenvalue weighted by Crippen LogP contribution is 2.40. The van der Waals surface area contributed by atoms with Crippen LogP contribution in [0.15, 0.2) is 36.0 Å². The average Bonchev–Trinajstić information content (AvgIpc) is 2.18. The summed E-state index contributed by atoms with van der Waals surface area (Å²) in [6, 6.07) is 1.10. The molecule has 0 radical (unpaired) electrons. The molecule has 0 saturated carbocycles. The van der Waals surface area contributed by atoms with Gasteiger partial charge in [-0.2, -0.15) is 0 Å². The van der Waals surface area contributed by atoms with Gasteiger partial charge in [0.25, 0.3) is 0 Å². The molecule has 0 heterocycles. The highest BCUT2D eigenvalue weighted by Gasteiger charge is 2.36. The monoisotopic (exact) mass is 278 g/mol. The van der Waals surface area contributed by atoms with E-state index in [0.29, 0.717) is 12.3 Å². The summed E-state index contributed by atoms with van der Waals surface area (Å²) in [7, 11) is -1.15. The predicted molar refractivity (Wildman–Crippen MR) is 88.2 cm³/mol. The van der Waals surface area contributed by atoms with Crippen LogP contribution in [0.3, 0.4) is 0 Å². The van der Waals surface area contributed by atoms with E-state index >= 15 is 0 Å². The molecule has 108 valence electrons. The van der Waals surface area contributed by atoms with Crippen molar-refractivity contribution in [2.75, 3.05) is 0 Å². The molecule has 0 aromatic heterocycles. The molecule has 1 N–H and O–H groups in total. The summed E-state index contributed by atoms with van der Waals surface area (Å²) in [5.74, 6) is 0.411. The van der Waals surface area contributed by atoms with E-state index in [9.17, 15) is 5.11 Å². The summed E-state index contributed by atoms with van der Waals surface area (Å²) in [4.78, 5) is 0. The van der Waals surface area contributed by atoms with Gasteiger partial charge in [0, 0.05) is 14.5 Å². The smallest absolute Gasteiger partial charge is 0.0896 e. The molecule has 2 unspecified atom stereocenters. The van der Waals surface area contributed by atoms with E-state index < -0.39 is 13.7 Å². The standard InChI is InChI=1S/C17H30OSi/c1-13(2)16-9-8-15(4)17(18,11-16)10-14(3)12-19(5,6)7/h8,16,18H,1,3,9-12H2,2,4-7H3. The van der Waals surface area contributed by atoms with Gasteiger partial charge >= 0.3 is 0 Å². The molecule has 0 amide bonds. The van der Waals surface area contributed by atoms with Crippen molar-refractivity contribution >= 4 is 8.07 Å². The van der Waals surface area contributed by atoms with Gasteiger partial charge in [-0.25, -0.2) is 0 Å². The first-order valence-electron chi connectivity index (χ1n) is 7.25. The lowest BCUT2D eigenvalue weighted by Crippen LogP contribution is -2.37. The minimum absolute atomic E-state index is 0.411. The van der Waals surface area contributed by atoms with E-state index in [1.807, 2.05) is 0 Å². The summed E-state index contributed by atoms with van der Waals surface area (Å²) < 4.78 is 0. The maximum Gasteiger partial charge on any atom is 0.0896 e. The second kappa shape index (κ2) is 5.80. The molecule has 0 spiro atoms. The molecule has 0 bridgehead atoms. The second-order valence-corrected chi connectivity index (χ2v) is 13.0. The maximum atomic E-state index is 11.0. The van der Waals surface area contributed by atoms with Gasteiger partial charge in [0.1, 0.15) is 0 Å². The highest BCUT2D eigenvalue weighted by molar-refractivity contribution is 6.76.